The van der Waals surface area contributed by atoms with Crippen LogP contribution >= 0.6 is 0 Å². The molecule has 0 bridgehead atoms. The van der Waals surface area contributed by atoms with Crippen molar-refractivity contribution in [2.45, 2.75) is 18.2 Å². The lowest BCUT2D eigenvalue weighted by molar-refractivity contribution is 0.0953. The average molecular weight is 361 g/mol. The van der Waals surface area contributed by atoms with Gasteiger partial charge >= 0.3 is 6.03 Å². The molecule has 0 atom stereocenters. The number of benzene rings is 2. The summed E-state index contributed by atoms with van der Waals surface area (Å²) in [6.07, 6.45) is 0.835. The van der Waals surface area contributed by atoms with Crippen LogP contribution in [0.25, 0.3) is 0 Å². The Morgan fingerprint density at radius 3 is 2.20 bits per heavy atom. The third kappa shape index (κ3) is 5.32. The first-order valence-corrected chi connectivity index (χ1v) is 9.18. The normalized spacial score (nSPS) is 10.8. The molecule has 0 aliphatic carbocycles. The summed E-state index contributed by atoms with van der Waals surface area (Å²) < 4.78 is 26.0. The van der Waals surface area contributed by atoms with E-state index in [0.29, 0.717) is 17.8 Å². The fourth-order valence-corrected chi connectivity index (χ4v) is 2.91. The summed E-state index contributed by atoms with van der Waals surface area (Å²) in [6.45, 7) is 2.54. The largest absolute Gasteiger partial charge is 0.352 e. The fraction of sp³-hybridized carbons (Fsp3) is 0.176. The van der Waals surface area contributed by atoms with Crippen molar-refractivity contribution in [3.63, 3.8) is 0 Å². The predicted octanol–water partition coefficient (Wildman–Crippen LogP) is 2.34. The van der Waals surface area contributed by atoms with Gasteiger partial charge in [-0.3, -0.25) is 4.79 Å². The predicted molar refractivity (Wildman–Crippen MR) is 94.8 cm³/mol. The Balaban J connectivity index is 1.98. The minimum atomic E-state index is -3.94. The third-order valence-electron chi connectivity index (χ3n) is 3.22. The Hall–Kier alpha value is -2.87. The quantitative estimate of drug-likeness (QED) is 0.734. The molecule has 0 aliphatic rings. The number of urea groups is 1. The van der Waals surface area contributed by atoms with E-state index < -0.39 is 16.1 Å². The second-order valence-electron chi connectivity index (χ2n) is 5.21. The van der Waals surface area contributed by atoms with Gasteiger partial charge in [0.1, 0.15) is 0 Å². The van der Waals surface area contributed by atoms with Crippen LogP contribution < -0.4 is 15.4 Å². The highest BCUT2D eigenvalue weighted by atomic mass is 32.2. The molecule has 2 aromatic rings. The molecule has 0 radical (unpaired) electrons. The van der Waals surface area contributed by atoms with Gasteiger partial charge in [-0.15, -0.1) is 0 Å². The molecular weight excluding hydrogens is 342 g/mol. The number of hydrogen-bond acceptors (Lipinski definition) is 4. The molecular formula is C17H19N3O4S. The van der Waals surface area contributed by atoms with Crippen molar-refractivity contribution >= 4 is 27.6 Å². The lowest BCUT2D eigenvalue weighted by Crippen LogP contribution is -2.34. The molecule has 0 heterocycles. The number of rotatable bonds is 6. The number of nitrogens with one attached hydrogen (secondary N) is 3. The van der Waals surface area contributed by atoms with Crippen molar-refractivity contribution in [1.82, 2.24) is 10.0 Å². The number of amides is 3. The van der Waals surface area contributed by atoms with Gasteiger partial charge in [0.15, 0.2) is 0 Å². The first kappa shape index (κ1) is 18.5. The van der Waals surface area contributed by atoms with Crippen LogP contribution in [0.5, 0.6) is 0 Å². The van der Waals surface area contributed by atoms with E-state index in [0.717, 1.165) is 6.42 Å². The zero-order valence-corrected chi connectivity index (χ0v) is 14.5. The summed E-state index contributed by atoms with van der Waals surface area (Å²) in [5.74, 6) is -0.204. The van der Waals surface area contributed by atoms with Crippen LogP contribution in [0.4, 0.5) is 10.5 Å². The number of anilines is 1. The smallest absolute Gasteiger partial charge is 0.333 e. The van der Waals surface area contributed by atoms with Gasteiger partial charge in [0.05, 0.1) is 4.90 Å². The van der Waals surface area contributed by atoms with E-state index in [1.54, 1.807) is 30.3 Å². The van der Waals surface area contributed by atoms with E-state index >= 15 is 0 Å². The molecule has 25 heavy (non-hydrogen) atoms. The molecule has 7 nitrogen and oxygen atoms in total. The van der Waals surface area contributed by atoms with Crippen molar-refractivity contribution in [1.29, 1.82) is 0 Å². The molecule has 0 unspecified atom stereocenters. The monoisotopic (exact) mass is 361 g/mol. The number of hydrogen-bond donors (Lipinski definition) is 3. The lowest BCUT2D eigenvalue weighted by Gasteiger charge is -2.09. The summed E-state index contributed by atoms with van der Waals surface area (Å²) in [4.78, 5) is 23.7. The van der Waals surface area contributed by atoms with Crippen LogP contribution in [-0.4, -0.2) is 26.9 Å². The maximum absolute atomic E-state index is 12.1. The van der Waals surface area contributed by atoms with Crippen LogP contribution in [0, 0.1) is 0 Å². The molecule has 0 saturated carbocycles. The SMILES string of the molecule is CCCNC(=O)c1ccc(NC(=O)NS(=O)(=O)c2ccccc2)cc1. The topological polar surface area (TPSA) is 104 Å². The van der Waals surface area contributed by atoms with Gasteiger partial charge < -0.3 is 10.6 Å². The Morgan fingerprint density at radius 1 is 0.960 bits per heavy atom. The van der Waals surface area contributed by atoms with Crippen LogP contribution in [0.1, 0.15) is 23.7 Å². The van der Waals surface area contributed by atoms with E-state index in [-0.39, 0.29) is 10.8 Å². The molecule has 3 N–H and O–H groups in total. The van der Waals surface area contributed by atoms with Gasteiger partial charge in [-0.05, 0) is 42.8 Å². The summed E-state index contributed by atoms with van der Waals surface area (Å²) in [5.41, 5.74) is 0.823. The van der Waals surface area contributed by atoms with Crippen molar-refractivity contribution in [2.24, 2.45) is 0 Å². The minimum Gasteiger partial charge on any atom is -0.352 e. The number of sulfonamides is 1. The summed E-state index contributed by atoms with van der Waals surface area (Å²) >= 11 is 0. The van der Waals surface area contributed by atoms with E-state index in [4.69, 9.17) is 0 Å². The summed E-state index contributed by atoms with van der Waals surface area (Å²) in [5, 5.41) is 5.16. The van der Waals surface area contributed by atoms with Crippen molar-refractivity contribution < 1.29 is 18.0 Å². The first-order valence-electron chi connectivity index (χ1n) is 7.69. The highest BCUT2D eigenvalue weighted by molar-refractivity contribution is 7.90. The molecule has 2 aromatic carbocycles. The zero-order chi connectivity index (χ0) is 18.3. The summed E-state index contributed by atoms with van der Waals surface area (Å²) in [7, 11) is -3.94. The summed E-state index contributed by atoms with van der Waals surface area (Å²) in [6, 6.07) is 12.8. The molecule has 0 aromatic heterocycles. The molecule has 8 heteroatoms. The van der Waals surface area contributed by atoms with Gasteiger partial charge in [0.25, 0.3) is 15.9 Å². The minimum absolute atomic E-state index is 0.00640. The van der Waals surface area contributed by atoms with Crippen LogP contribution in [0.15, 0.2) is 59.5 Å². The lowest BCUT2D eigenvalue weighted by atomic mass is 10.2. The standard InChI is InChI=1S/C17H19N3O4S/c1-2-12-18-16(21)13-8-10-14(11-9-13)19-17(22)20-25(23,24)15-6-4-3-5-7-15/h3-11H,2,12H2,1H3,(H,18,21)(H2,19,20,22). The van der Waals surface area contributed by atoms with Crippen LogP contribution in [0.2, 0.25) is 0 Å². The third-order valence-corrected chi connectivity index (χ3v) is 4.57. The second-order valence-corrected chi connectivity index (χ2v) is 6.89. The van der Waals surface area contributed by atoms with Crippen molar-refractivity contribution in [3.8, 4) is 0 Å². The molecule has 132 valence electrons. The molecule has 0 spiro atoms. The molecule has 3 amide bonds. The fourth-order valence-electron chi connectivity index (χ4n) is 1.98. The zero-order valence-electron chi connectivity index (χ0n) is 13.7. The second kappa shape index (κ2) is 8.29. The van der Waals surface area contributed by atoms with Crippen LogP contribution in [-0.2, 0) is 10.0 Å². The highest BCUT2D eigenvalue weighted by Crippen LogP contribution is 2.11. The number of carbonyl (C=O) groups is 2. The number of carbonyl (C=O) groups excluding carboxylic acids is 2. The Labute approximate surface area is 146 Å². The van der Waals surface area contributed by atoms with Crippen molar-refractivity contribution in [3.05, 3.63) is 60.2 Å². The van der Waals surface area contributed by atoms with Gasteiger partial charge in [0.2, 0.25) is 0 Å². The Bertz CT molecular complexity index is 834. The van der Waals surface area contributed by atoms with Gasteiger partial charge in [-0.25, -0.2) is 17.9 Å². The average Bonchev–Trinajstić information content (AvgIpc) is 2.60. The molecule has 0 fully saturated rings. The maximum Gasteiger partial charge on any atom is 0.333 e. The van der Waals surface area contributed by atoms with E-state index in [9.17, 15) is 18.0 Å². The van der Waals surface area contributed by atoms with Gasteiger partial charge in [-0.2, -0.15) is 0 Å². The Kier molecular flexibility index (Phi) is 6.13. The Morgan fingerprint density at radius 2 is 1.60 bits per heavy atom. The molecule has 2 rings (SSSR count). The molecule has 0 aliphatic heterocycles. The van der Waals surface area contributed by atoms with Crippen molar-refractivity contribution in [2.75, 3.05) is 11.9 Å². The van der Waals surface area contributed by atoms with Gasteiger partial charge in [-0.1, -0.05) is 25.1 Å². The van der Waals surface area contributed by atoms with Gasteiger partial charge in [0, 0.05) is 17.8 Å². The van der Waals surface area contributed by atoms with E-state index in [1.807, 2.05) is 11.6 Å². The molecule has 0 saturated heterocycles. The maximum atomic E-state index is 12.1. The highest BCUT2D eigenvalue weighted by Gasteiger charge is 2.17. The van der Waals surface area contributed by atoms with E-state index in [2.05, 4.69) is 10.6 Å². The van der Waals surface area contributed by atoms with Crippen LogP contribution in [0.3, 0.4) is 0 Å². The van der Waals surface area contributed by atoms with E-state index in [1.165, 1.54) is 24.3 Å². The first-order chi connectivity index (χ1) is 11.9.